The van der Waals surface area contributed by atoms with E-state index in [4.69, 9.17) is 0 Å². The van der Waals surface area contributed by atoms with Gasteiger partial charge in [-0.15, -0.1) is 0 Å². The van der Waals surface area contributed by atoms with Crippen molar-refractivity contribution in [2.24, 2.45) is 0 Å². The summed E-state index contributed by atoms with van der Waals surface area (Å²) >= 11 is 0.816. The van der Waals surface area contributed by atoms with Crippen LogP contribution in [-0.2, 0) is 4.79 Å². The van der Waals surface area contributed by atoms with Crippen LogP contribution in [0.2, 0.25) is 0 Å². The molecule has 0 saturated heterocycles. The van der Waals surface area contributed by atoms with Gasteiger partial charge in [0.25, 0.3) is 0 Å². The van der Waals surface area contributed by atoms with Gasteiger partial charge in [0.15, 0.2) is 0 Å². The van der Waals surface area contributed by atoms with Crippen molar-refractivity contribution in [1.29, 1.82) is 0 Å². The molecule has 0 aliphatic carbocycles. The number of carbonyl (C=O) groups excluding carboxylic acids is 1. The van der Waals surface area contributed by atoms with Crippen LogP contribution in [0.3, 0.4) is 0 Å². The monoisotopic (exact) mass is 97.0 g/mol. The molecule has 2 heteroatoms. The van der Waals surface area contributed by atoms with Crippen LogP contribution in [0.5, 0.6) is 0 Å². The number of hydrogen-bond donors (Lipinski definition) is 0. The van der Waals surface area contributed by atoms with Crippen molar-refractivity contribution in [3.05, 3.63) is 0 Å². The van der Waals surface area contributed by atoms with E-state index in [-0.39, 0.29) is 0 Å². The Balaban J connectivity index is 2.85. The fraction of sp³-hybridized carbons (Fsp3) is 0.667. The molecule has 5 heavy (non-hydrogen) atoms. The van der Waals surface area contributed by atoms with E-state index in [1.54, 1.807) is 0 Å². The molecule has 1 nitrogen and oxygen atoms in total. The van der Waals surface area contributed by atoms with E-state index in [0.717, 1.165) is 42.2 Å². The summed E-state index contributed by atoms with van der Waals surface area (Å²) in [5.41, 5.74) is 0. The third-order valence-electron chi connectivity index (χ3n) is 0.394. The molecular weight excluding hydrogens is 92.1 g/mol. The Bertz CT molecular complexity index is 42.2. The first kappa shape index (κ1) is 5.93. The van der Waals surface area contributed by atoms with E-state index >= 15 is 0 Å². The second-order valence-corrected chi connectivity index (χ2v) is 2.12. The molecule has 1 radical (unpaired) electrons. The third-order valence-corrected chi connectivity index (χ3v) is 1.18. The molecule has 0 aromatic carbocycles. The van der Waals surface area contributed by atoms with Gasteiger partial charge >= 0.3 is 55.8 Å². The zero-order valence-electron chi connectivity index (χ0n) is 3.32. The van der Waals surface area contributed by atoms with Crippen molar-refractivity contribution < 1.29 is 4.79 Å². The fourth-order valence-corrected chi connectivity index (χ4v) is 0. The van der Waals surface area contributed by atoms with Gasteiger partial charge in [0.2, 0.25) is 0 Å². The number of carbonyl (C=O) groups is 1. The summed E-state index contributed by atoms with van der Waals surface area (Å²) in [6.45, 7) is 1.88. The van der Waals surface area contributed by atoms with E-state index < -0.39 is 0 Å². The molecule has 0 rings (SSSR count). The van der Waals surface area contributed by atoms with Crippen LogP contribution in [0.15, 0.2) is 0 Å². The van der Waals surface area contributed by atoms with Crippen molar-refractivity contribution >= 4 is 37.7 Å². The average Bonchev–Trinajstić information content (AvgIpc) is 1.38. The second-order valence-electron chi connectivity index (χ2n) is 0.892. The zero-order chi connectivity index (χ0) is 4.28. The molecule has 0 saturated carbocycles. The summed E-state index contributed by atoms with van der Waals surface area (Å²) in [7, 11) is 0. The number of rotatable bonds is 1. The van der Waals surface area contributed by atoms with E-state index in [9.17, 15) is 4.79 Å². The van der Waals surface area contributed by atoms with Gasteiger partial charge in [-0.05, 0) is 0 Å². The van der Waals surface area contributed by atoms with Crippen molar-refractivity contribution in [2.45, 2.75) is 13.3 Å². The van der Waals surface area contributed by atoms with Gasteiger partial charge in [0.05, 0.1) is 0 Å². The summed E-state index contributed by atoms with van der Waals surface area (Å²) in [5, 5.41) is 0. The van der Waals surface area contributed by atoms with Crippen LogP contribution in [0.25, 0.3) is 0 Å². The minimum absolute atomic E-state index is 0.380. The zero-order valence-corrected chi connectivity index (χ0v) is 5.53. The molecule has 0 spiro atoms. The van der Waals surface area contributed by atoms with E-state index in [2.05, 4.69) is 0 Å². The first-order valence-electron chi connectivity index (χ1n) is 1.62. The molecule has 0 aromatic rings. The van der Waals surface area contributed by atoms with Gasteiger partial charge in [0.1, 0.15) is 0 Å². The Hall–Kier alpha value is 0.930. The van der Waals surface area contributed by atoms with Gasteiger partial charge in [-0.25, -0.2) is 0 Å². The molecule has 0 amide bonds. The first-order valence-corrected chi connectivity index (χ1v) is 2.72. The van der Waals surface area contributed by atoms with E-state index in [1.807, 2.05) is 6.92 Å². The molecule has 0 aliphatic rings. The Labute approximate surface area is 55.4 Å². The number of hydrogen-bond acceptors (Lipinski definition) is 1. The van der Waals surface area contributed by atoms with E-state index in [0.29, 0.717) is 1.88 Å². The Kier molecular flexibility index (Phi) is 3.72. The molecule has 25 valence electrons. The Morgan fingerprint density at radius 2 is 2.20 bits per heavy atom. The van der Waals surface area contributed by atoms with Gasteiger partial charge in [0, 0.05) is 0 Å². The predicted octanol–water partition coefficient (Wildman–Crippen LogP) is 0.0915. The molecule has 0 bridgehead atoms. The summed E-state index contributed by atoms with van der Waals surface area (Å²) in [6.07, 6.45) is 0.722. The Morgan fingerprint density at radius 1 is 2.00 bits per heavy atom. The van der Waals surface area contributed by atoms with Gasteiger partial charge in [-0.1, -0.05) is 0 Å². The van der Waals surface area contributed by atoms with Gasteiger partial charge in [-0.3, -0.25) is 0 Å². The van der Waals surface area contributed by atoms with Crippen LogP contribution in [0, 0.1) is 0 Å². The van der Waals surface area contributed by atoms with E-state index in [1.165, 1.54) is 0 Å². The maximum atomic E-state index is 9.87. The molecule has 0 aromatic heterocycles. The summed E-state index contributed by atoms with van der Waals surface area (Å²) < 4.78 is 0.380. The van der Waals surface area contributed by atoms with Crippen LogP contribution in [0.4, 0.5) is 0 Å². The fourth-order valence-electron chi connectivity index (χ4n) is 0. The van der Waals surface area contributed by atoms with Crippen molar-refractivity contribution in [1.82, 2.24) is 0 Å². The molecule has 0 fully saturated rings. The van der Waals surface area contributed by atoms with Crippen LogP contribution in [-0.4, -0.2) is 37.7 Å². The van der Waals surface area contributed by atoms with Crippen molar-refractivity contribution in [3.8, 4) is 0 Å². The summed E-state index contributed by atoms with van der Waals surface area (Å²) in [5.74, 6) is 0. The Morgan fingerprint density at radius 3 is 2.20 bits per heavy atom. The van der Waals surface area contributed by atoms with Crippen LogP contribution in [0.1, 0.15) is 13.3 Å². The quantitative estimate of drug-likeness (QED) is 0.424. The third kappa shape index (κ3) is 4.93. The first-order chi connectivity index (χ1) is 2.27. The molecule has 0 atom stereocenters. The second kappa shape index (κ2) is 3.13. The standard InChI is InChI=1S/C3H5O.Ca/c1-2-3-4;/h2H2,1H3;. The maximum absolute atomic E-state index is 9.87. The molecular formula is C3H5CaO. The predicted molar refractivity (Wildman–Crippen MR) is 21.1 cm³/mol. The van der Waals surface area contributed by atoms with Crippen molar-refractivity contribution in [2.75, 3.05) is 0 Å². The van der Waals surface area contributed by atoms with Crippen LogP contribution < -0.4 is 0 Å². The van der Waals surface area contributed by atoms with Gasteiger partial charge < -0.3 is 0 Å². The van der Waals surface area contributed by atoms with Crippen LogP contribution >= 0.6 is 0 Å². The molecule has 0 N–H and O–H groups in total. The van der Waals surface area contributed by atoms with Gasteiger partial charge in [-0.2, -0.15) is 0 Å². The molecule has 0 aliphatic heterocycles. The summed E-state index contributed by atoms with van der Waals surface area (Å²) in [6, 6.07) is 0. The van der Waals surface area contributed by atoms with Crippen molar-refractivity contribution in [3.63, 3.8) is 0 Å². The molecule has 0 unspecified atom stereocenters. The average molecular weight is 97.2 g/mol. The minimum atomic E-state index is 0.380. The SMILES string of the molecule is CC[C](=O)[Ca]. The normalized spacial score (nSPS) is 7.20. The summed E-state index contributed by atoms with van der Waals surface area (Å²) in [4.78, 5) is 9.87. The molecule has 0 heterocycles. The topological polar surface area (TPSA) is 17.1 Å².